The third-order valence-electron chi connectivity index (χ3n) is 4.99. The molecule has 1 fully saturated rings. The van der Waals surface area contributed by atoms with Gasteiger partial charge in [0, 0.05) is 23.4 Å². The lowest BCUT2D eigenvalue weighted by Gasteiger charge is -2.36. The first kappa shape index (κ1) is 15.7. The van der Waals surface area contributed by atoms with Gasteiger partial charge < -0.3 is 15.2 Å². The minimum absolute atomic E-state index is 0.00806. The van der Waals surface area contributed by atoms with Gasteiger partial charge in [0.1, 0.15) is 5.82 Å². The average molecular weight is 345 g/mol. The van der Waals surface area contributed by atoms with Crippen LogP contribution in [0.15, 0.2) is 27.8 Å². The molecule has 2 aliphatic rings. The molecule has 2 aliphatic heterocycles. The highest BCUT2D eigenvalue weighted by Gasteiger charge is 2.47. The summed E-state index contributed by atoms with van der Waals surface area (Å²) in [5.74, 6) is 0.172. The van der Waals surface area contributed by atoms with Crippen molar-refractivity contribution < 1.29 is 9.84 Å². The summed E-state index contributed by atoms with van der Waals surface area (Å²) >= 11 is 0. The zero-order valence-electron chi connectivity index (χ0n) is 13.7. The number of hydrazine groups is 1. The van der Waals surface area contributed by atoms with E-state index in [0.29, 0.717) is 22.7 Å². The van der Waals surface area contributed by atoms with Crippen LogP contribution in [0.5, 0.6) is 11.5 Å². The Morgan fingerprint density at radius 2 is 1.96 bits per heavy atom. The van der Waals surface area contributed by atoms with Gasteiger partial charge in [-0.2, -0.15) is 0 Å². The highest BCUT2D eigenvalue weighted by Crippen LogP contribution is 2.46. The standard InChI is InChI=1S/C16H19N5O4/c1-6-9-10(7-4-3-5-8(25-2)12(7)22)11-13(17-14(9)21-20-6)18-16(24)19-15(11)23/h3-6,9-10,14,20-22H,1-2H3,(H3,17,18,19,23,24). The van der Waals surface area contributed by atoms with Crippen molar-refractivity contribution in [2.45, 2.75) is 25.0 Å². The summed E-state index contributed by atoms with van der Waals surface area (Å²) in [6, 6.07) is 5.21. The van der Waals surface area contributed by atoms with Gasteiger partial charge in [0.05, 0.1) is 18.8 Å². The van der Waals surface area contributed by atoms with Gasteiger partial charge in [0.15, 0.2) is 11.5 Å². The van der Waals surface area contributed by atoms with E-state index < -0.39 is 17.2 Å². The molecule has 132 valence electrons. The van der Waals surface area contributed by atoms with Crippen LogP contribution in [0.4, 0.5) is 5.82 Å². The number of hydrogen-bond acceptors (Lipinski definition) is 7. The van der Waals surface area contributed by atoms with Crippen molar-refractivity contribution in [3.8, 4) is 11.5 Å². The molecule has 2 aromatic rings. The van der Waals surface area contributed by atoms with Gasteiger partial charge in [-0.1, -0.05) is 12.1 Å². The molecule has 4 atom stereocenters. The van der Waals surface area contributed by atoms with Gasteiger partial charge in [0.25, 0.3) is 5.56 Å². The number of rotatable bonds is 2. The maximum atomic E-state index is 12.6. The highest BCUT2D eigenvalue weighted by atomic mass is 16.5. The van der Waals surface area contributed by atoms with E-state index in [1.54, 1.807) is 18.2 Å². The number of hydrogen-bond donors (Lipinski definition) is 6. The van der Waals surface area contributed by atoms with E-state index in [1.165, 1.54) is 7.11 Å². The number of aromatic hydroxyl groups is 1. The molecule has 0 aliphatic carbocycles. The van der Waals surface area contributed by atoms with Crippen molar-refractivity contribution in [2.75, 3.05) is 12.4 Å². The van der Waals surface area contributed by atoms with E-state index in [0.717, 1.165) is 0 Å². The summed E-state index contributed by atoms with van der Waals surface area (Å²) in [4.78, 5) is 29.2. The number of ether oxygens (including phenoxy) is 1. The molecule has 0 radical (unpaired) electrons. The monoisotopic (exact) mass is 345 g/mol. The lowest BCUT2D eigenvalue weighted by molar-refractivity contribution is 0.351. The number of phenols is 1. The van der Waals surface area contributed by atoms with Crippen molar-refractivity contribution in [2.24, 2.45) is 5.92 Å². The smallest absolute Gasteiger partial charge is 0.327 e. The fraction of sp³-hybridized carbons (Fsp3) is 0.375. The van der Waals surface area contributed by atoms with Gasteiger partial charge in [-0.05, 0) is 13.0 Å². The van der Waals surface area contributed by atoms with Crippen molar-refractivity contribution in [3.63, 3.8) is 0 Å². The molecule has 1 aromatic carbocycles. The highest BCUT2D eigenvalue weighted by molar-refractivity contribution is 5.58. The van der Waals surface area contributed by atoms with E-state index in [-0.39, 0.29) is 23.9 Å². The van der Waals surface area contributed by atoms with Crippen molar-refractivity contribution in [3.05, 3.63) is 50.2 Å². The quantitative estimate of drug-likeness (QED) is 0.443. The van der Waals surface area contributed by atoms with Gasteiger partial charge in [-0.15, -0.1) is 0 Å². The van der Waals surface area contributed by atoms with Gasteiger partial charge >= 0.3 is 5.69 Å². The van der Waals surface area contributed by atoms with E-state index in [1.807, 2.05) is 6.92 Å². The largest absolute Gasteiger partial charge is 0.504 e. The number of para-hydroxylation sites is 1. The Labute approximate surface area is 142 Å². The Morgan fingerprint density at radius 1 is 1.16 bits per heavy atom. The fourth-order valence-corrected chi connectivity index (χ4v) is 3.89. The molecule has 1 saturated heterocycles. The summed E-state index contributed by atoms with van der Waals surface area (Å²) in [5.41, 5.74) is 6.19. The summed E-state index contributed by atoms with van der Waals surface area (Å²) in [7, 11) is 1.48. The summed E-state index contributed by atoms with van der Waals surface area (Å²) in [6.07, 6.45) is -0.212. The first-order chi connectivity index (χ1) is 12.0. The fourth-order valence-electron chi connectivity index (χ4n) is 3.89. The van der Waals surface area contributed by atoms with Crippen LogP contribution in [0.2, 0.25) is 0 Å². The minimum Gasteiger partial charge on any atom is -0.504 e. The van der Waals surface area contributed by atoms with Crippen molar-refractivity contribution in [1.29, 1.82) is 0 Å². The van der Waals surface area contributed by atoms with Crippen LogP contribution in [0.25, 0.3) is 0 Å². The SMILES string of the molecule is COc1cccc(C2c3c([nH]c(=O)[nH]c3=O)NC3NNC(C)C32)c1O. The van der Waals surface area contributed by atoms with Crippen LogP contribution in [0.1, 0.15) is 24.0 Å². The predicted molar refractivity (Wildman–Crippen MR) is 90.8 cm³/mol. The molecule has 0 spiro atoms. The molecule has 25 heavy (non-hydrogen) atoms. The summed E-state index contributed by atoms with van der Waals surface area (Å²) in [6.45, 7) is 1.99. The second-order valence-electron chi connectivity index (χ2n) is 6.35. The predicted octanol–water partition coefficient (Wildman–Crippen LogP) is -0.227. The number of H-pyrrole nitrogens is 2. The van der Waals surface area contributed by atoms with E-state index in [9.17, 15) is 14.7 Å². The van der Waals surface area contributed by atoms with Crippen LogP contribution in [-0.4, -0.2) is 34.4 Å². The number of aromatic nitrogens is 2. The zero-order chi connectivity index (χ0) is 17.7. The number of nitrogens with one attached hydrogen (secondary N) is 5. The number of aromatic amines is 2. The number of benzene rings is 1. The van der Waals surface area contributed by atoms with E-state index >= 15 is 0 Å². The number of phenolic OH excluding ortho intramolecular Hbond substituents is 1. The molecular weight excluding hydrogens is 326 g/mol. The minimum atomic E-state index is -0.581. The Kier molecular flexibility index (Phi) is 3.55. The number of methoxy groups -OCH3 is 1. The molecule has 3 heterocycles. The summed E-state index contributed by atoms with van der Waals surface area (Å²) in [5, 5.41) is 13.8. The maximum Gasteiger partial charge on any atom is 0.327 e. The topological polar surface area (TPSA) is 131 Å². The Morgan fingerprint density at radius 3 is 2.72 bits per heavy atom. The first-order valence-corrected chi connectivity index (χ1v) is 8.01. The zero-order valence-corrected chi connectivity index (χ0v) is 13.7. The second kappa shape index (κ2) is 5.64. The third-order valence-corrected chi connectivity index (χ3v) is 4.99. The lowest BCUT2D eigenvalue weighted by atomic mass is 9.74. The molecular formula is C16H19N5O4. The third kappa shape index (κ3) is 2.31. The summed E-state index contributed by atoms with van der Waals surface area (Å²) < 4.78 is 5.21. The van der Waals surface area contributed by atoms with E-state index in [4.69, 9.17) is 4.74 Å². The maximum absolute atomic E-state index is 12.6. The molecule has 6 N–H and O–H groups in total. The Hall–Kier alpha value is -2.78. The van der Waals surface area contributed by atoms with Crippen LogP contribution >= 0.6 is 0 Å². The molecule has 4 rings (SSSR count). The Bertz CT molecular complexity index is 937. The van der Waals surface area contributed by atoms with Gasteiger partial charge in [-0.3, -0.25) is 20.2 Å². The van der Waals surface area contributed by atoms with Crippen molar-refractivity contribution in [1.82, 2.24) is 20.8 Å². The molecule has 1 aromatic heterocycles. The molecule has 4 unspecified atom stereocenters. The molecule has 9 nitrogen and oxygen atoms in total. The Balaban J connectivity index is 1.99. The molecule has 0 saturated carbocycles. The second-order valence-corrected chi connectivity index (χ2v) is 6.35. The number of anilines is 1. The lowest BCUT2D eigenvalue weighted by Crippen LogP contribution is -2.47. The molecule has 0 amide bonds. The molecule has 0 bridgehead atoms. The van der Waals surface area contributed by atoms with Crippen LogP contribution in [-0.2, 0) is 0 Å². The van der Waals surface area contributed by atoms with Crippen LogP contribution in [0, 0.1) is 5.92 Å². The van der Waals surface area contributed by atoms with Crippen LogP contribution in [0.3, 0.4) is 0 Å². The first-order valence-electron chi connectivity index (χ1n) is 8.01. The van der Waals surface area contributed by atoms with Gasteiger partial charge in [-0.25, -0.2) is 10.2 Å². The van der Waals surface area contributed by atoms with Crippen molar-refractivity contribution >= 4 is 5.82 Å². The molecule has 9 heteroatoms. The normalized spacial score (nSPS) is 27.3. The average Bonchev–Trinajstić information content (AvgIpc) is 2.94. The number of fused-ring (bicyclic) bond motifs is 2. The van der Waals surface area contributed by atoms with E-state index in [2.05, 4.69) is 26.1 Å². The van der Waals surface area contributed by atoms with Gasteiger partial charge in [0.2, 0.25) is 0 Å². The van der Waals surface area contributed by atoms with Crippen LogP contribution < -0.4 is 32.2 Å².